The summed E-state index contributed by atoms with van der Waals surface area (Å²) >= 11 is 0. The topological polar surface area (TPSA) is 122 Å². The van der Waals surface area contributed by atoms with Gasteiger partial charge in [-0.05, 0) is 53.5 Å². The van der Waals surface area contributed by atoms with Gasteiger partial charge in [-0.2, -0.15) is 4.31 Å². The van der Waals surface area contributed by atoms with Gasteiger partial charge in [0.2, 0.25) is 21.8 Å². The molecule has 0 aromatic heterocycles. The third-order valence-corrected chi connectivity index (χ3v) is 8.60. The van der Waals surface area contributed by atoms with Crippen LogP contribution in [0.4, 0.5) is 0 Å². The summed E-state index contributed by atoms with van der Waals surface area (Å²) in [5, 5.41) is 5.71. The molecule has 37 heavy (non-hydrogen) atoms. The zero-order chi connectivity index (χ0) is 26.5. The number of carbonyl (C=O) groups is 2. The van der Waals surface area contributed by atoms with Crippen LogP contribution in [0.15, 0.2) is 53.4 Å². The Balaban J connectivity index is 0.00000481. The van der Waals surface area contributed by atoms with E-state index in [4.69, 9.17) is 5.73 Å². The summed E-state index contributed by atoms with van der Waals surface area (Å²) in [6.45, 7) is 8.55. The fourth-order valence-corrected chi connectivity index (χ4v) is 5.99. The first kappa shape index (κ1) is 30.8. The molecule has 2 amide bonds. The number of carbonyl (C=O) groups excluding carboxylic acids is 2. The third-order valence-electron chi connectivity index (χ3n) is 6.67. The van der Waals surface area contributed by atoms with Crippen LogP contribution in [-0.2, 0) is 26.2 Å². The van der Waals surface area contributed by atoms with Crippen LogP contribution in [-0.4, -0.2) is 49.7 Å². The van der Waals surface area contributed by atoms with Crippen molar-refractivity contribution < 1.29 is 18.0 Å². The van der Waals surface area contributed by atoms with E-state index >= 15 is 0 Å². The van der Waals surface area contributed by atoms with Gasteiger partial charge in [-0.1, -0.05) is 64.1 Å². The molecule has 1 aliphatic heterocycles. The molecular weight excluding hydrogens is 512 g/mol. The highest BCUT2D eigenvalue weighted by atomic mass is 35.5. The number of nitrogens with two attached hydrogens (primary N) is 1. The highest BCUT2D eigenvalue weighted by Gasteiger charge is 2.41. The number of rotatable bonds is 9. The van der Waals surface area contributed by atoms with Crippen molar-refractivity contribution in [1.82, 2.24) is 14.9 Å². The van der Waals surface area contributed by atoms with Crippen LogP contribution < -0.4 is 16.4 Å². The average Bonchev–Trinajstić information content (AvgIpc) is 2.87. The molecule has 0 unspecified atom stereocenters. The molecular formula is C27H39ClN4O4S. The second-order valence-electron chi connectivity index (χ2n) is 9.96. The number of nitrogens with zero attached hydrogens (tertiary/aromatic N) is 1. The zero-order valence-corrected chi connectivity index (χ0v) is 23.6. The average molecular weight is 551 g/mol. The molecule has 10 heteroatoms. The van der Waals surface area contributed by atoms with E-state index in [2.05, 4.69) is 24.5 Å². The minimum Gasteiger partial charge on any atom is -0.352 e. The summed E-state index contributed by atoms with van der Waals surface area (Å²) in [5.41, 5.74) is 8.60. The number of halogens is 1. The van der Waals surface area contributed by atoms with Gasteiger partial charge in [0.15, 0.2) is 0 Å². The number of amides is 2. The van der Waals surface area contributed by atoms with Gasteiger partial charge in [-0.15, -0.1) is 12.4 Å². The van der Waals surface area contributed by atoms with Gasteiger partial charge in [-0.25, -0.2) is 8.42 Å². The lowest BCUT2D eigenvalue weighted by Crippen LogP contribution is -2.57. The van der Waals surface area contributed by atoms with Crippen LogP contribution in [0.5, 0.6) is 0 Å². The van der Waals surface area contributed by atoms with Crippen LogP contribution in [0, 0.1) is 0 Å². The fraction of sp³-hybridized carbons (Fsp3) is 0.481. The normalized spacial score (nSPS) is 18.4. The quantitative estimate of drug-likeness (QED) is 0.442. The lowest BCUT2D eigenvalue weighted by Gasteiger charge is -2.37. The van der Waals surface area contributed by atoms with Gasteiger partial charge in [0, 0.05) is 19.1 Å². The van der Waals surface area contributed by atoms with Crippen LogP contribution >= 0.6 is 12.4 Å². The summed E-state index contributed by atoms with van der Waals surface area (Å²) in [7, 11) is -3.92. The smallest absolute Gasteiger partial charge is 0.243 e. The van der Waals surface area contributed by atoms with Crippen molar-refractivity contribution >= 4 is 34.2 Å². The number of benzene rings is 2. The van der Waals surface area contributed by atoms with Crippen molar-refractivity contribution in [3.05, 3.63) is 65.2 Å². The van der Waals surface area contributed by atoms with Gasteiger partial charge < -0.3 is 16.4 Å². The van der Waals surface area contributed by atoms with Crippen LogP contribution in [0.25, 0.3) is 0 Å². The lowest BCUT2D eigenvalue weighted by molar-refractivity contribution is -0.127. The molecule has 1 saturated heterocycles. The molecule has 0 saturated carbocycles. The second kappa shape index (κ2) is 13.4. The monoisotopic (exact) mass is 550 g/mol. The number of piperidine rings is 1. The van der Waals surface area contributed by atoms with E-state index < -0.39 is 22.0 Å². The van der Waals surface area contributed by atoms with Crippen LogP contribution in [0.1, 0.15) is 69.1 Å². The largest absolute Gasteiger partial charge is 0.352 e. The number of nitrogens with one attached hydrogen (secondary N) is 2. The predicted octanol–water partition coefficient (Wildman–Crippen LogP) is 3.27. The molecule has 0 bridgehead atoms. The highest BCUT2D eigenvalue weighted by Crippen LogP contribution is 2.27. The van der Waals surface area contributed by atoms with E-state index in [0.717, 1.165) is 11.1 Å². The molecule has 4 N–H and O–H groups in total. The molecule has 2 aromatic carbocycles. The Labute approximate surface area is 226 Å². The Morgan fingerprint density at radius 3 is 2.03 bits per heavy atom. The Morgan fingerprint density at radius 1 is 0.973 bits per heavy atom. The maximum Gasteiger partial charge on any atom is 0.243 e. The minimum absolute atomic E-state index is 0. The Hall–Kier alpha value is -2.46. The molecule has 1 heterocycles. The Morgan fingerprint density at radius 2 is 1.51 bits per heavy atom. The lowest BCUT2D eigenvalue weighted by atomic mass is 9.98. The molecule has 2 atom stereocenters. The fourth-order valence-electron chi connectivity index (χ4n) is 4.37. The van der Waals surface area contributed by atoms with Gasteiger partial charge in [0.25, 0.3) is 0 Å². The van der Waals surface area contributed by atoms with Crippen molar-refractivity contribution in [3.8, 4) is 0 Å². The van der Waals surface area contributed by atoms with E-state index in [1.807, 2.05) is 50.2 Å². The summed E-state index contributed by atoms with van der Waals surface area (Å²) in [5.74, 6) is -0.0383. The first-order chi connectivity index (χ1) is 17.0. The van der Waals surface area contributed by atoms with Crippen molar-refractivity contribution in [2.75, 3.05) is 13.1 Å². The van der Waals surface area contributed by atoms with E-state index in [1.54, 1.807) is 12.1 Å². The summed E-state index contributed by atoms with van der Waals surface area (Å²) in [4.78, 5) is 25.3. The molecule has 1 aliphatic rings. The Kier molecular flexibility index (Phi) is 11.1. The van der Waals surface area contributed by atoms with E-state index in [1.165, 1.54) is 9.87 Å². The van der Waals surface area contributed by atoms with E-state index in [0.29, 0.717) is 12.3 Å². The molecule has 0 spiro atoms. The molecule has 204 valence electrons. The SMILES string of the molecule is CC(C)c1ccc(CNC(=O)[C@H]2C[C@H](NC(=O)CN)CCN2S(=O)(=O)c2ccc(C(C)C)cc2)cc1.Cl. The van der Waals surface area contributed by atoms with Gasteiger partial charge in [0.05, 0.1) is 11.4 Å². The summed E-state index contributed by atoms with van der Waals surface area (Å²) in [6, 6.07) is 13.5. The summed E-state index contributed by atoms with van der Waals surface area (Å²) in [6.07, 6.45) is 0.572. The molecule has 2 aromatic rings. The number of sulfonamides is 1. The number of hydrogen-bond acceptors (Lipinski definition) is 5. The van der Waals surface area contributed by atoms with Gasteiger partial charge in [0.1, 0.15) is 6.04 Å². The van der Waals surface area contributed by atoms with Crippen molar-refractivity contribution in [3.63, 3.8) is 0 Å². The number of hydrogen-bond donors (Lipinski definition) is 3. The molecule has 1 fully saturated rings. The van der Waals surface area contributed by atoms with Crippen molar-refractivity contribution in [1.29, 1.82) is 0 Å². The van der Waals surface area contributed by atoms with Gasteiger partial charge >= 0.3 is 0 Å². The Bertz CT molecular complexity index is 1150. The minimum atomic E-state index is -3.92. The first-order valence-corrected chi connectivity index (χ1v) is 13.9. The van der Waals surface area contributed by atoms with Gasteiger partial charge in [-0.3, -0.25) is 9.59 Å². The second-order valence-corrected chi connectivity index (χ2v) is 11.9. The molecule has 0 aliphatic carbocycles. The maximum atomic E-state index is 13.6. The highest BCUT2D eigenvalue weighted by molar-refractivity contribution is 7.89. The third kappa shape index (κ3) is 7.77. The first-order valence-electron chi connectivity index (χ1n) is 12.5. The van der Waals surface area contributed by atoms with Crippen LogP contribution in [0.2, 0.25) is 0 Å². The van der Waals surface area contributed by atoms with E-state index in [9.17, 15) is 18.0 Å². The predicted molar refractivity (Wildman–Crippen MR) is 148 cm³/mol. The van der Waals surface area contributed by atoms with Crippen molar-refractivity contribution in [2.24, 2.45) is 5.73 Å². The standard InChI is InChI=1S/C27H38N4O4S.ClH/c1-18(2)21-7-5-20(6-8-21)17-29-27(33)25-15-23(30-26(32)16-28)13-14-31(25)36(34,35)24-11-9-22(10-12-24)19(3)4;/h5-12,18-19,23,25H,13-17,28H2,1-4H3,(H,29,33)(H,30,32);1H/t23-,25-;/m1./s1. The summed E-state index contributed by atoms with van der Waals surface area (Å²) < 4.78 is 28.4. The van der Waals surface area contributed by atoms with Crippen molar-refractivity contribution in [2.45, 2.75) is 75.9 Å². The maximum absolute atomic E-state index is 13.6. The molecule has 0 radical (unpaired) electrons. The van der Waals surface area contributed by atoms with Crippen LogP contribution in [0.3, 0.4) is 0 Å². The van der Waals surface area contributed by atoms with E-state index in [-0.39, 0.29) is 61.2 Å². The zero-order valence-electron chi connectivity index (χ0n) is 21.9. The molecule has 3 rings (SSSR count). The molecule has 8 nitrogen and oxygen atoms in total.